The molecule has 2 N–H and O–H groups in total. The second kappa shape index (κ2) is 4.19. The molecule has 0 aliphatic rings. The van der Waals surface area contributed by atoms with Crippen molar-refractivity contribution in [3.05, 3.63) is 24.0 Å². The van der Waals surface area contributed by atoms with Gasteiger partial charge in [0.25, 0.3) is 0 Å². The van der Waals surface area contributed by atoms with Crippen molar-refractivity contribution in [2.75, 3.05) is 6.54 Å². The predicted octanol–water partition coefficient (Wildman–Crippen LogP) is 0.197. The lowest BCUT2D eigenvalue weighted by Crippen LogP contribution is -2.23. The number of carbonyl (C=O) groups excluding carboxylic acids is 1. The number of carbonyl (C=O) groups is 1. The topological polar surface area (TPSA) is 68.7 Å². The van der Waals surface area contributed by atoms with Gasteiger partial charge in [-0.25, -0.2) is 0 Å². The van der Waals surface area contributed by atoms with E-state index in [1.165, 1.54) is 6.07 Å². The Bertz CT molecular complexity index is 284. The third kappa shape index (κ3) is 2.46. The van der Waals surface area contributed by atoms with E-state index in [9.17, 15) is 4.79 Å². The standard InChI is InChI=1S/C8H9N3O/c9-5-8(12)11-4-2-7-1-3-10-6-7/h1,3,6,10H,2,4H2,(H,11,12). The average Bonchev–Trinajstić information content (AvgIpc) is 2.57. The van der Waals surface area contributed by atoms with E-state index in [1.807, 2.05) is 18.5 Å². The smallest absolute Gasteiger partial charge is 0.322 e. The number of amides is 1. The molecule has 4 nitrogen and oxygen atoms in total. The van der Waals surface area contributed by atoms with Crippen molar-refractivity contribution in [3.63, 3.8) is 0 Å². The van der Waals surface area contributed by atoms with Crippen molar-refractivity contribution in [3.8, 4) is 6.07 Å². The Morgan fingerprint density at radius 3 is 3.17 bits per heavy atom. The van der Waals surface area contributed by atoms with Gasteiger partial charge in [0.05, 0.1) is 0 Å². The van der Waals surface area contributed by atoms with E-state index in [1.54, 1.807) is 0 Å². The number of rotatable bonds is 3. The predicted molar refractivity (Wildman–Crippen MR) is 43.1 cm³/mol. The number of aromatic amines is 1. The second-order valence-corrected chi connectivity index (χ2v) is 2.34. The zero-order valence-corrected chi connectivity index (χ0v) is 6.50. The van der Waals surface area contributed by atoms with Gasteiger partial charge in [0, 0.05) is 18.9 Å². The van der Waals surface area contributed by atoms with Gasteiger partial charge in [-0.15, -0.1) is 0 Å². The van der Waals surface area contributed by atoms with Gasteiger partial charge in [-0.3, -0.25) is 4.79 Å². The van der Waals surface area contributed by atoms with Crippen LogP contribution in [0, 0.1) is 11.3 Å². The molecular formula is C8H9N3O. The quantitative estimate of drug-likeness (QED) is 0.625. The maximum absolute atomic E-state index is 10.5. The molecule has 0 saturated heterocycles. The number of nitrogens with one attached hydrogen (secondary N) is 2. The van der Waals surface area contributed by atoms with Crippen LogP contribution in [0.3, 0.4) is 0 Å². The lowest BCUT2D eigenvalue weighted by Gasteiger charge is -1.96. The fourth-order valence-corrected chi connectivity index (χ4v) is 0.874. The lowest BCUT2D eigenvalue weighted by atomic mass is 10.2. The highest BCUT2D eigenvalue weighted by Gasteiger charge is 1.96. The molecule has 0 atom stereocenters. The molecule has 62 valence electrons. The summed E-state index contributed by atoms with van der Waals surface area (Å²) in [4.78, 5) is 13.4. The fourth-order valence-electron chi connectivity index (χ4n) is 0.874. The first-order chi connectivity index (χ1) is 5.83. The normalized spacial score (nSPS) is 8.92. The molecule has 0 saturated carbocycles. The van der Waals surface area contributed by atoms with Crippen molar-refractivity contribution in [1.29, 1.82) is 5.26 Å². The molecule has 1 heterocycles. The molecule has 0 fully saturated rings. The van der Waals surface area contributed by atoms with Gasteiger partial charge >= 0.3 is 5.91 Å². The molecule has 0 radical (unpaired) electrons. The van der Waals surface area contributed by atoms with Crippen LogP contribution in [0.5, 0.6) is 0 Å². The maximum atomic E-state index is 10.5. The first kappa shape index (κ1) is 8.34. The summed E-state index contributed by atoms with van der Waals surface area (Å²) in [7, 11) is 0. The minimum Gasteiger partial charge on any atom is -0.367 e. The monoisotopic (exact) mass is 163 g/mol. The number of nitrogens with zero attached hydrogens (tertiary/aromatic N) is 1. The molecule has 0 aromatic carbocycles. The summed E-state index contributed by atoms with van der Waals surface area (Å²) in [5.41, 5.74) is 1.12. The van der Waals surface area contributed by atoms with Crippen LogP contribution in [0.4, 0.5) is 0 Å². The van der Waals surface area contributed by atoms with Crippen molar-refractivity contribution in [2.24, 2.45) is 0 Å². The zero-order chi connectivity index (χ0) is 8.81. The average molecular weight is 163 g/mol. The highest BCUT2D eigenvalue weighted by atomic mass is 16.1. The Morgan fingerprint density at radius 1 is 1.75 bits per heavy atom. The largest absolute Gasteiger partial charge is 0.367 e. The van der Waals surface area contributed by atoms with E-state index < -0.39 is 5.91 Å². The molecule has 4 heteroatoms. The number of hydrogen-bond donors (Lipinski definition) is 2. The Kier molecular flexibility index (Phi) is 2.91. The van der Waals surface area contributed by atoms with Crippen LogP contribution >= 0.6 is 0 Å². The van der Waals surface area contributed by atoms with E-state index >= 15 is 0 Å². The van der Waals surface area contributed by atoms with Gasteiger partial charge < -0.3 is 10.3 Å². The highest BCUT2D eigenvalue weighted by Crippen LogP contribution is 1.95. The van der Waals surface area contributed by atoms with Gasteiger partial charge in [-0.1, -0.05) is 0 Å². The fraction of sp³-hybridized carbons (Fsp3) is 0.250. The Hall–Kier alpha value is -1.76. The third-order valence-electron chi connectivity index (χ3n) is 1.46. The number of aromatic nitrogens is 1. The molecule has 12 heavy (non-hydrogen) atoms. The van der Waals surface area contributed by atoms with Crippen LogP contribution in [0.1, 0.15) is 5.56 Å². The van der Waals surface area contributed by atoms with E-state index in [0.29, 0.717) is 6.54 Å². The summed E-state index contributed by atoms with van der Waals surface area (Å²) < 4.78 is 0. The van der Waals surface area contributed by atoms with E-state index in [4.69, 9.17) is 5.26 Å². The minimum absolute atomic E-state index is 0.504. The zero-order valence-electron chi connectivity index (χ0n) is 6.50. The second-order valence-electron chi connectivity index (χ2n) is 2.34. The first-order valence-corrected chi connectivity index (χ1v) is 3.62. The SMILES string of the molecule is N#CC(=O)NCCc1cc[nH]c1. The summed E-state index contributed by atoms with van der Waals surface area (Å²) in [6.45, 7) is 0.504. The van der Waals surface area contributed by atoms with Gasteiger partial charge in [0.1, 0.15) is 0 Å². The van der Waals surface area contributed by atoms with Crippen LogP contribution in [0.15, 0.2) is 18.5 Å². The minimum atomic E-state index is -0.578. The summed E-state index contributed by atoms with van der Waals surface area (Å²) >= 11 is 0. The van der Waals surface area contributed by atoms with Gasteiger partial charge in [-0.05, 0) is 18.1 Å². The van der Waals surface area contributed by atoms with Crippen LogP contribution in [-0.4, -0.2) is 17.4 Å². The molecular weight excluding hydrogens is 154 g/mol. The molecule has 0 unspecified atom stereocenters. The van der Waals surface area contributed by atoms with E-state index in [0.717, 1.165) is 12.0 Å². The molecule has 0 bridgehead atoms. The molecule has 0 spiro atoms. The van der Waals surface area contributed by atoms with E-state index in [2.05, 4.69) is 10.3 Å². The number of hydrogen-bond acceptors (Lipinski definition) is 2. The van der Waals surface area contributed by atoms with Crippen LogP contribution < -0.4 is 5.32 Å². The molecule has 1 rings (SSSR count). The molecule has 1 amide bonds. The Labute approximate surface area is 70.2 Å². The summed E-state index contributed by atoms with van der Waals surface area (Å²) in [5, 5.41) is 10.6. The Morgan fingerprint density at radius 2 is 2.58 bits per heavy atom. The lowest BCUT2D eigenvalue weighted by molar-refractivity contribution is -0.115. The van der Waals surface area contributed by atoms with Crippen molar-refractivity contribution < 1.29 is 4.79 Å². The molecule has 0 aliphatic carbocycles. The van der Waals surface area contributed by atoms with Crippen molar-refractivity contribution >= 4 is 5.91 Å². The summed E-state index contributed by atoms with van der Waals surface area (Å²) in [6.07, 6.45) is 4.43. The van der Waals surface area contributed by atoms with Crippen molar-refractivity contribution in [1.82, 2.24) is 10.3 Å². The molecule has 1 aromatic rings. The van der Waals surface area contributed by atoms with E-state index in [-0.39, 0.29) is 0 Å². The molecule has 0 aliphatic heterocycles. The van der Waals surface area contributed by atoms with Gasteiger partial charge in [0.15, 0.2) is 6.07 Å². The number of nitriles is 1. The van der Waals surface area contributed by atoms with Crippen LogP contribution in [-0.2, 0) is 11.2 Å². The van der Waals surface area contributed by atoms with Crippen LogP contribution in [0.25, 0.3) is 0 Å². The third-order valence-corrected chi connectivity index (χ3v) is 1.46. The summed E-state index contributed by atoms with van der Waals surface area (Å²) in [6, 6.07) is 3.42. The Balaban J connectivity index is 2.20. The van der Waals surface area contributed by atoms with Gasteiger partial charge in [0.2, 0.25) is 0 Å². The van der Waals surface area contributed by atoms with Gasteiger partial charge in [-0.2, -0.15) is 5.26 Å². The summed E-state index contributed by atoms with van der Waals surface area (Å²) in [5.74, 6) is -0.578. The highest BCUT2D eigenvalue weighted by molar-refractivity contribution is 5.91. The number of H-pyrrole nitrogens is 1. The van der Waals surface area contributed by atoms with Crippen LogP contribution in [0.2, 0.25) is 0 Å². The first-order valence-electron chi connectivity index (χ1n) is 3.62. The maximum Gasteiger partial charge on any atom is 0.322 e. The van der Waals surface area contributed by atoms with Crippen molar-refractivity contribution in [2.45, 2.75) is 6.42 Å². The molecule has 1 aromatic heterocycles.